The highest BCUT2D eigenvalue weighted by atomic mass is 16.5. The Balaban J connectivity index is 2.12. The van der Waals surface area contributed by atoms with Crippen LogP contribution in [0.15, 0.2) is 42.0 Å². The third-order valence-corrected chi connectivity index (χ3v) is 5.44. The molecule has 0 aliphatic carbocycles. The van der Waals surface area contributed by atoms with Crippen LogP contribution in [0.4, 0.5) is 5.69 Å². The first-order valence-electron chi connectivity index (χ1n) is 8.07. The zero-order chi connectivity index (χ0) is 15.5. The summed E-state index contributed by atoms with van der Waals surface area (Å²) in [5.41, 5.74) is 5.73. The Morgan fingerprint density at radius 1 is 1.27 bits per heavy atom. The van der Waals surface area contributed by atoms with Crippen molar-refractivity contribution in [1.29, 1.82) is 0 Å². The maximum absolute atomic E-state index is 5.58. The fourth-order valence-electron chi connectivity index (χ4n) is 4.14. The normalized spacial score (nSPS) is 24.5. The van der Waals surface area contributed by atoms with Crippen LogP contribution in [0.1, 0.15) is 39.2 Å². The number of rotatable bonds is 2. The predicted molar refractivity (Wildman–Crippen MR) is 91.6 cm³/mol. The molecule has 2 aliphatic heterocycles. The minimum atomic E-state index is 0.164. The Morgan fingerprint density at radius 3 is 2.77 bits per heavy atom. The lowest BCUT2D eigenvalue weighted by atomic mass is 9.89. The van der Waals surface area contributed by atoms with Gasteiger partial charge in [-0.3, -0.25) is 0 Å². The van der Waals surface area contributed by atoms with Crippen molar-refractivity contribution in [3.05, 3.63) is 47.5 Å². The van der Waals surface area contributed by atoms with Gasteiger partial charge in [-0.2, -0.15) is 4.58 Å². The van der Waals surface area contributed by atoms with Gasteiger partial charge in [0.1, 0.15) is 5.75 Å². The second kappa shape index (κ2) is 4.45. The molecule has 2 aromatic carbocycles. The Bertz CT molecular complexity index is 859. The number of benzene rings is 2. The molecule has 0 amide bonds. The number of hydrogen-bond acceptors (Lipinski definition) is 1. The van der Waals surface area contributed by atoms with Gasteiger partial charge < -0.3 is 4.74 Å². The van der Waals surface area contributed by atoms with Gasteiger partial charge >= 0.3 is 0 Å². The van der Waals surface area contributed by atoms with Gasteiger partial charge in [0.05, 0.1) is 18.1 Å². The van der Waals surface area contributed by atoms with Crippen molar-refractivity contribution in [2.45, 2.75) is 39.2 Å². The fraction of sp³-hybridized carbons (Fsp3) is 0.350. The highest BCUT2D eigenvalue weighted by Crippen LogP contribution is 2.49. The number of allylic oxidation sites excluding steroid dienone is 1. The average Bonchev–Trinajstić information content (AvgIpc) is 3.05. The second-order valence-electron chi connectivity index (χ2n) is 6.54. The molecular weight excluding hydrogens is 270 g/mol. The van der Waals surface area contributed by atoms with Crippen molar-refractivity contribution in [3.63, 3.8) is 0 Å². The molecule has 112 valence electrons. The monoisotopic (exact) mass is 292 g/mol. The summed E-state index contributed by atoms with van der Waals surface area (Å²) in [5, 5.41) is 2.56. The highest BCUT2D eigenvalue weighted by molar-refractivity contribution is 6.23. The minimum Gasteiger partial charge on any atom is -0.496 e. The summed E-state index contributed by atoms with van der Waals surface area (Å²) in [6.07, 6.45) is 4.54. The predicted octanol–water partition coefficient (Wildman–Crippen LogP) is 4.81. The summed E-state index contributed by atoms with van der Waals surface area (Å²) in [4.78, 5) is 0. The molecule has 2 aromatic rings. The van der Waals surface area contributed by atoms with E-state index < -0.39 is 0 Å². The van der Waals surface area contributed by atoms with E-state index in [1.165, 1.54) is 33.3 Å². The molecule has 0 N–H and O–H groups in total. The summed E-state index contributed by atoms with van der Waals surface area (Å²) in [6.45, 7) is 6.83. The van der Waals surface area contributed by atoms with Gasteiger partial charge in [-0.15, -0.1) is 0 Å². The van der Waals surface area contributed by atoms with Crippen molar-refractivity contribution >= 4 is 22.2 Å². The molecule has 0 aromatic heterocycles. The van der Waals surface area contributed by atoms with Crippen LogP contribution in [-0.2, 0) is 0 Å². The van der Waals surface area contributed by atoms with E-state index in [0.29, 0.717) is 0 Å². The average molecular weight is 292 g/mol. The van der Waals surface area contributed by atoms with Gasteiger partial charge in [-0.25, -0.2) is 0 Å². The molecule has 0 radical (unpaired) electrons. The van der Waals surface area contributed by atoms with Gasteiger partial charge in [0.15, 0.2) is 5.54 Å². The molecule has 22 heavy (non-hydrogen) atoms. The molecule has 1 unspecified atom stereocenters. The first kappa shape index (κ1) is 13.6. The van der Waals surface area contributed by atoms with Crippen LogP contribution in [0, 0.1) is 0 Å². The van der Waals surface area contributed by atoms with E-state index in [0.717, 1.165) is 18.6 Å². The van der Waals surface area contributed by atoms with Gasteiger partial charge in [0.2, 0.25) is 11.4 Å². The zero-order valence-electron chi connectivity index (χ0n) is 13.7. The van der Waals surface area contributed by atoms with E-state index in [1.54, 1.807) is 7.11 Å². The molecule has 1 atom stereocenters. The van der Waals surface area contributed by atoms with E-state index in [2.05, 4.69) is 61.8 Å². The molecule has 0 spiro atoms. The molecule has 0 saturated carbocycles. The first-order chi connectivity index (χ1) is 10.6. The zero-order valence-corrected chi connectivity index (χ0v) is 13.7. The van der Waals surface area contributed by atoms with Crippen LogP contribution in [-0.4, -0.2) is 22.9 Å². The summed E-state index contributed by atoms with van der Waals surface area (Å²) in [6, 6.07) is 10.9. The Kier molecular flexibility index (Phi) is 2.75. The first-order valence-corrected chi connectivity index (χ1v) is 8.07. The largest absolute Gasteiger partial charge is 0.496 e. The van der Waals surface area contributed by atoms with Crippen molar-refractivity contribution < 1.29 is 9.31 Å². The lowest BCUT2D eigenvalue weighted by molar-refractivity contribution is -0.518. The van der Waals surface area contributed by atoms with E-state index in [1.807, 2.05) is 0 Å². The summed E-state index contributed by atoms with van der Waals surface area (Å²) in [7, 11) is 1.75. The molecule has 2 heterocycles. The third-order valence-electron chi connectivity index (χ3n) is 5.44. The number of methoxy groups -OCH3 is 1. The van der Waals surface area contributed by atoms with Crippen molar-refractivity contribution in [2.75, 3.05) is 7.11 Å². The van der Waals surface area contributed by atoms with E-state index in [4.69, 9.17) is 4.74 Å². The molecule has 0 fully saturated rings. The summed E-state index contributed by atoms with van der Waals surface area (Å²) < 4.78 is 8.15. The Morgan fingerprint density at radius 2 is 2.09 bits per heavy atom. The number of ether oxygens (including phenoxy) is 1. The maximum Gasteiger partial charge on any atom is 0.217 e. The van der Waals surface area contributed by atoms with Crippen LogP contribution in [0.3, 0.4) is 0 Å². The van der Waals surface area contributed by atoms with Crippen LogP contribution in [0.5, 0.6) is 5.75 Å². The number of hydrogen-bond donors (Lipinski definition) is 0. The Labute approximate surface area is 131 Å². The van der Waals surface area contributed by atoms with E-state index in [-0.39, 0.29) is 5.54 Å². The number of nitrogens with zero attached hydrogens (tertiary/aromatic N) is 1. The molecule has 2 heteroatoms. The lowest BCUT2D eigenvalue weighted by Gasteiger charge is -2.20. The van der Waals surface area contributed by atoms with Crippen LogP contribution < -0.4 is 4.74 Å². The molecular formula is C20H22NO+. The van der Waals surface area contributed by atoms with Gasteiger partial charge in [-0.1, -0.05) is 25.1 Å². The SMILES string of the molecule is CC=C1CC(C)(CC)[N+]2=C1c1cccc3c(OC)ccc2c13. The maximum atomic E-state index is 5.58. The second-order valence-corrected chi connectivity index (χ2v) is 6.54. The molecule has 0 saturated heterocycles. The van der Waals surface area contributed by atoms with E-state index >= 15 is 0 Å². The topological polar surface area (TPSA) is 12.2 Å². The fourth-order valence-corrected chi connectivity index (χ4v) is 4.14. The molecule has 2 aliphatic rings. The van der Waals surface area contributed by atoms with E-state index in [9.17, 15) is 0 Å². The minimum absolute atomic E-state index is 0.164. The van der Waals surface area contributed by atoms with Gasteiger partial charge in [0.25, 0.3) is 0 Å². The van der Waals surface area contributed by atoms with Crippen LogP contribution in [0.25, 0.3) is 10.8 Å². The smallest absolute Gasteiger partial charge is 0.217 e. The van der Waals surface area contributed by atoms with Crippen LogP contribution in [0.2, 0.25) is 0 Å². The Hall–Kier alpha value is -2.09. The van der Waals surface area contributed by atoms with Crippen LogP contribution >= 0.6 is 0 Å². The third kappa shape index (κ3) is 1.48. The molecule has 2 nitrogen and oxygen atoms in total. The standard InChI is InChI=1S/C20H22NO/c1-5-13-12-20(3,6-2)21-16-10-11-17(22-4)14-8-7-9-15(18(14)16)19(13)21/h5,7-11H,6,12H2,1-4H3/q+1. The van der Waals surface area contributed by atoms with Crippen molar-refractivity contribution in [3.8, 4) is 5.75 Å². The number of fused-ring (bicyclic) bond motifs is 2. The van der Waals surface area contributed by atoms with Gasteiger partial charge in [0, 0.05) is 36.8 Å². The quantitative estimate of drug-likeness (QED) is 0.723. The van der Waals surface area contributed by atoms with Crippen molar-refractivity contribution in [1.82, 2.24) is 0 Å². The van der Waals surface area contributed by atoms with Gasteiger partial charge in [-0.05, 0) is 19.1 Å². The highest BCUT2D eigenvalue weighted by Gasteiger charge is 2.51. The molecule has 4 rings (SSSR count). The lowest BCUT2D eigenvalue weighted by Crippen LogP contribution is -2.32. The molecule has 0 bridgehead atoms. The summed E-state index contributed by atoms with van der Waals surface area (Å²) >= 11 is 0. The van der Waals surface area contributed by atoms with Crippen molar-refractivity contribution in [2.24, 2.45) is 0 Å². The summed E-state index contributed by atoms with van der Waals surface area (Å²) in [5.74, 6) is 0.961.